The van der Waals surface area contributed by atoms with Crippen LogP contribution in [0.5, 0.6) is 0 Å². The van der Waals surface area contributed by atoms with Gasteiger partial charge in [-0.2, -0.15) is 0 Å². The molecule has 1 fully saturated rings. The van der Waals surface area contributed by atoms with Crippen LogP contribution in [0, 0.1) is 5.92 Å². The van der Waals surface area contributed by atoms with Crippen LogP contribution < -0.4 is 5.73 Å². The van der Waals surface area contributed by atoms with Crippen molar-refractivity contribution in [2.45, 2.75) is 25.8 Å². The normalized spacial score (nSPS) is 23.5. The van der Waals surface area contributed by atoms with Gasteiger partial charge < -0.3 is 15.4 Å². The molecule has 1 saturated heterocycles. The third-order valence-electron chi connectivity index (χ3n) is 2.82. The lowest BCUT2D eigenvalue weighted by molar-refractivity contribution is -0.135. The number of hydrogen-bond acceptors (Lipinski definition) is 3. The maximum absolute atomic E-state index is 11.8. The molecule has 2 atom stereocenters. The molecule has 0 radical (unpaired) electrons. The second-order valence-corrected chi connectivity index (χ2v) is 3.94. The first kappa shape index (κ1) is 11.5. The van der Waals surface area contributed by atoms with Gasteiger partial charge in [-0.3, -0.25) is 4.79 Å². The first-order chi connectivity index (χ1) is 6.66. The Morgan fingerprint density at radius 1 is 1.71 bits per heavy atom. The quantitative estimate of drug-likeness (QED) is 0.706. The number of rotatable bonds is 4. The molecule has 1 amide bonds. The number of amides is 1. The van der Waals surface area contributed by atoms with Crippen molar-refractivity contribution in [2.24, 2.45) is 11.7 Å². The van der Waals surface area contributed by atoms with Crippen LogP contribution in [0.3, 0.4) is 0 Å². The van der Waals surface area contributed by atoms with E-state index in [9.17, 15) is 4.79 Å². The van der Waals surface area contributed by atoms with Gasteiger partial charge in [0.05, 0.1) is 12.6 Å². The van der Waals surface area contributed by atoms with Crippen molar-refractivity contribution in [3.8, 4) is 0 Å². The van der Waals surface area contributed by atoms with E-state index in [-0.39, 0.29) is 17.9 Å². The third kappa shape index (κ3) is 2.69. The summed E-state index contributed by atoms with van der Waals surface area (Å²) in [4.78, 5) is 13.6. The molecule has 82 valence electrons. The number of hydrogen-bond donors (Lipinski definition) is 1. The molecule has 14 heavy (non-hydrogen) atoms. The molecule has 0 bridgehead atoms. The van der Waals surface area contributed by atoms with E-state index in [1.807, 2.05) is 18.9 Å². The second kappa shape index (κ2) is 5.32. The predicted octanol–water partition coefficient (Wildman–Crippen LogP) is 0.219. The fourth-order valence-electron chi connectivity index (χ4n) is 1.73. The molecule has 1 aliphatic heterocycles. The average Bonchev–Trinajstić information content (AvgIpc) is 2.68. The minimum absolute atomic E-state index is 0.0330. The fourth-order valence-corrected chi connectivity index (χ4v) is 1.73. The van der Waals surface area contributed by atoms with E-state index in [1.165, 1.54) is 0 Å². The largest absolute Gasteiger partial charge is 0.379 e. The molecule has 0 saturated carbocycles. The summed E-state index contributed by atoms with van der Waals surface area (Å²) in [5.74, 6) is 0.219. The highest BCUT2D eigenvalue weighted by atomic mass is 16.5. The number of nitrogens with two attached hydrogens (primary N) is 1. The van der Waals surface area contributed by atoms with E-state index < -0.39 is 0 Å². The molecular weight excluding hydrogens is 180 g/mol. The highest BCUT2D eigenvalue weighted by molar-refractivity contribution is 5.78. The SMILES string of the molecule is CC(CCN)C(=O)N(C)C1CCOC1. The zero-order chi connectivity index (χ0) is 10.6. The van der Waals surface area contributed by atoms with Crippen LogP contribution in [0.15, 0.2) is 0 Å². The third-order valence-corrected chi connectivity index (χ3v) is 2.82. The van der Waals surface area contributed by atoms with Crippen molar-refractivity contribution in [1.29, 1.82) is 0 Å². The molecule has 0 spiro atoms. The number of likely N-dealkylation sites (N-methyl/N-ethyl adjacent to an activating group) is 1. The predicted molar refractivity (Wildman–Crippen MR) is 54.8 cm³/mol. The van der Waals surface area contributed by atoms with Crippen molar-refractivity contribution >= 4 is 5.91 Å². The minimum atomic E-state index is 0.0330. The second-order valence-electron chi connectivity index (χ2n) is 3.94. The molecule has 0 aromatic heterocycles. The van der Waals surface area contributed by atoms with E-state index in [0.29, 0.717) is 13.2 Å². The molecule has 2 N–H and O–H groups in total. The lowest BCUT2D eigenvalue weighted by atomic mass is 10.1. The highest BCUT2D eigenvalue weighted by Crippen LogP contribution is 2.14. The van der Waals surface area contributed by atoms with Gasteiger partial charge in [0.25, 0.3) is 0 Å². The summed E-state index contributed by atoms with van der Waals surface area (Å²) in [6, 6.07) is 0.266. The van der Waals surface area contributed by atoms with Crippen molar-refractivity contribution in [3.63, 3.8) is 0 Å². The van der Waals surface area contributed by atoms with E-state index >= 15 is 0 Å². The Labute approximate surface area is 85.4 Å². The molecule has 2 unspecified atom stereocenters. The Kier molecular flexibility index (Phi) is 4.35. The van der Waals surface area contributed by atoms with Crippen LogP contribution in [0.4, 0.5) is 0 Å². The topological polar surface area (TPSA) is 55.6 Å². The summed E-state index contributed by atoms with van der Waals surface area (Å²) in [5, 5.41) is 0. The van der Waals surface area contributed by atoms with Crippen LogP contribution in [0.1, 0.15) is 19.8 Å². The van der Waals surface area contributed by atoms with Gasteiger partial charge in [0.15, 0.2) is 0 Å². The molecule has 0 aromatic carbocycles. The average molecular weight is 200 g/mol. The standard InChI is InChI=1S/C10H20N2O2/c1-8(3-5-11)10(13)12(2)9-4-6-14-7-9/h8-9H,3-7,11H2,1-2H3. The lowest BCUT2D eigenvalue weighted by Crippen LogP contribution is -2.40. The monoisotopic (exact) mass is 200 g/mol. The van der Waals surface area contributed by atoms with Gasteiger partial charge in [0.2, 0.25) is 5.91 Å². The molecule has 1 rings (SSSR count). The molecule has 4 nitrogen and oxygen atoms in total. The van der Waals surface area contributed by atoms with Crippen LogP contribution in [0.2, 0.25) is 0 Å². The molecule has 1 aliphatic rings. The van der Waals surface area contributed by atoms with Gasteiger partial charge in [-0.05, 0) is 19.4 Å². The zero-order valence-corrected chi connectivity index (χ0v) is 9.03. The van der Waals surface area contributed by atoms with Crippen LogP contribution in [0.25, 0.3) is 0 Å². The number of carbonyl (C=O) groups excluding carboxylic acids is 1. The van der Waals surface area contributed by atoms with Gasteiger partial charge in [-0.25, -0.2) is 0 Å². The van der Waals surface area contributed by atoms with E-state index in [4.69, 9.17) is 10.5 Å². The Bertz CT molecular complexity index is 191. The molecule has 4 heteroatoms. The Hall–Kier alpha value is -0.610. The summed E-state index contributed by atoms with van der Waals surface area (Å²) in [5.41, 5.74) is 5.43. The molecule has 1 heterocycles. The zero-order valence-electron chi connectivity index (χ0n) is 9.03. The Morgan fingerprint density at radius 2 is 2.43 bits per heavy atom. The van der Waals surface area contributed by atoms with Crippen molar-refractivity contribution in [2.75, 3.05) is 26.8 Å². The Morgan fingerprint density at radius 3 is 2.93 bits per heavy atom. The van der Waals surface area contributed by atoms with Gasteiger partial charge in [-0.15, -0.1) is 0 Å². The van der Waals surface area contributed by atoms with Gasteiger partial charge in [-0.1, -0.05) is 6.92 Å². The van der Waals surface area contributed by atoms with E-state index in [1.54, 1.807) is 0 Å². The molecular formula is C10H20N2O2. The number of ether oxygens (including phenoxy) is 1. The van der Waals surface area contributed by atoms with Crippen molar-refractivity contribution in [3.05, 3.63) is 0 Å². The fraction of sp³-hybridized carbons (Fsp3) is 0.900. The van der Waals surface area contributed by atoms with E-state index in [2.05, 4.69) is 0 Å². The maximum atomic E-state index is 11.8. The molecule has 0 aromatic rings. The highest BCUT2D eigenvalue weighted by Gasteiger charge is 2.26. The summed E-state index contributed by atoms with van der Waals surface area (Å²) >= 11 is 0. The van der Waals surface area contributed by atoms with Gasteiger partial charge in [0.1, 0.15) is 0 Å². The lowest BCUT2D eigenvalue weighted by Gasteiger charge is -2.26. The summed E-state index contributed by atoms with van der Waals surface area (Å²) in [6.07, 6.45) is 1.72. The summed E-state index contributed by atoms with van der Waals surface area (Å²) < 4.78 is 5.25. The number of nitrogens with zero attached hydrogens (tertiary/aromatic N) is 1. The van der Waals surface area contributed by atoms with Crippen molar-refractivity contribution in [1.82, 2.24) is 4.90 Å². The first-order valence-electron chi connectivity index (χ1n) is 5.21. The summed E-state index contributed by atoms with van der Waals surface area (Å²) in [7, 11) is 1.86. The minimum Gasteiger partial charge on any atom is -0.379 e. The van der Waals surface area contributed by atoms with Gasteiger partial charge in [0, 0.05) is 19.6 Å². The van der Waals surface area contributed by atoms with Crippen molar-refractivity contribution < 1.29 is 9.53 Å². The van der Waals surface area contributed by atoms with E-state index in [0.717, 1.165) is 19.4 Å². The smallest absolute Gasteiger partial charge is 0.225 e. The van der Waals surface area contributed by atoms with Crippen LogP contribution >= 0.6 is 0 Å². The molecule has 0 aliphatic carbocycles. The van der Waals surface area contributed by atoms with Gasteiger partial charge >= 0.3 is 0 Å². The Balaban J connectivity index is 2.42. The van der Waals surface area contributed by atoms with Crippen LogP contribution in [-0.4, -0.2) is 43.7 Å². The van der Waals surface area contributed by atoms with Crippen LogP contribution in [-0.2, 0) is 9.53 Å². The first-order valence-corrected chi connectivity index (χ1v) is 5.21. The maximum Gasteiger partial charge on any atom is 0.225 e. The number of carbonyl (C=O) groups is 1. The summed E-state index contributed by atoms with van der Waals surface area (Å²) in [6.45, 7) is 3.95.